The zero-order valence-electron chi connectivity index (χ0n) is 12.1. The number of nitrogens with one attached hydrogen (secondary N) is 2. The average Bonchev–Trinajstić information content (AvgIpc) is 2.43. The van der Waals surface area contributed by atoms with Crippen molar-refractivity contribution >= 4 is 39.9 Å². The fraction of sp³-hybridized carbons (Fsp3) is 0.533. The van der Waals surface area contributed by atoms with Crippen molar-refractivity contribution in [3.05, 3.63) is 22.7 Å². The average molecular weight is 378 g/mol. The van der Waals surface area contributed by atoms with Crippen molar-refractivity contribution in [3.8, 4) is 5.75 Å². The van der Waals surface area contributed by atoms with Crippen molar-refractivity contribution in [2.75, 3.05) is 18.4 Å². The van der Waals surface area contributed by atoms with Crippen LogP contribution in [0.1, 0.15) is 26.2 Å². The number of anilines is 1. The first kappa shape index (κ1) is 18.3. The molecule has 21 heavy (non-hydrogen) atoms. The number of hydrogen-bond acceptors (Lipinski definition) is 3. The predicted octanol–water partition coefficient (Wildman–Crippen LogP) is 3.54. The van der Waals surface area contributed by atoms with E-state index in [-0.39, 0.29) is 24.1 Å². The molecule has 2 unspecified atom stereocenters. The molecule has 3 N–H and O–H groups in total. The summed E-state index contributed by atoms with van der Waals surface area (Å²) >= 11 is 3.33. The van der Waals surface area contributed by atoms with Gasteiger partial charge >= 0.3 is 0 Å². The summed E-state index contributed by atoms with van der Waals surface area (Å²) in [5, 5.41) is 15.9. The summed E-state index contributed by atoms with van der Waals surface area (Å²) in [6, 6.07) is 5.01. The van der Waals surface area contributed by atoms with Crippen molar-refractivity contribution in [1.82, 2.24) is 5.32 Å². The Kier molecular flexibility index (Phi) is 7.49. The number of halogens is 2. The highest BCUT2D eigenvalue weighted by Crippen LogP contribution is 2.28. The van der Waals surface area contributed by atoms with Crippen LogP contribution >= 0.6 is 28.3 Å². The van der Waals surface area contributed by atoms with Gasteiger partial charge in [0, 0.05) is 10.9 Å². The van der Waals surface area contributed by atoms with E-state index < -0.39 is 0 Å². The van der Waals surface area contributed by atoms with Crippen LogP contribution in [-0.4, -0.2) is 24.1 Å². The lowest BCUT2D eigenvalue weighted by molar-refractivity contribution is -0.117. The normalized spacial score (nSPS) is 19.4. The Morgan fingerprint density at radius 2 is 2.33 bits per heavy atom. The molecule has 1 aliphatic heterocycles. The molecule has 1 heterocycles. The predicted molar refractivity (Wildman–Crippen MR) is 91.1 cm³/mol. The molecule has 1 aromatic carbocycles. The lowest BCUT2D eigenvalue weighted by atomic mass is 9.85. The van der Waals surface area contributed by atoms with Gasteiger partial charge in [-0.15, -0.1) is 12.4 Å². The molecule has 2 rings (SSSR count). The Balaban J connectivity index is 0.00000220. The van der Waals surface area contributed by atoms with Crippen molar-refractivity contribution in [3.63, 3.8) is 0 Å². The number of piperidine rings is 1. The van der Waals surface area contributed by atoms with Gasteiger partial charge in [0.25, 0.3) is 0 Å². The molecule has 1 saturated heterocycles. The molecule has 0 saturated carbocycles. The number of amides is 1. The van der Waals surface area contributed by atoms with Crippen LogP contribution in [0, 0.1) is 11.8 Å². The molecule has 0 bridgehead atoms. The van der Waals surface area contributed by atoms with E-state index in [1.54, 1.807) is 18.2 Å². The molecule has 1 aromatic rings. The second-order valence-corrected chi connectivity index (χ2v) is 6.41. The van der Waals surface area contributed by atoms with Crippen LogP contribution in [0.25, 0.3) is 0 Å². The molecule has 0 radical (unpaired) electrons. The standard InChI is InChI=1S/C15H21BrN2O2.ClH/c1-10(11-3-2-6-17-9-11)7-15(20)18-13-8-12(16)4-5-14(13)19;/h4-5,8,10-11,17,19H,2-3,6-7,9H2,1H3,(H,18,20);1H. The Hall–Kier alpha value is -0.780. The van der Waals surface area contributed by atoms with Crippen molar-refractivity contribution in [1.29, 1.82) is 0 Å². The van der Waals surface area contributed by atoms with E-state index in [0.717, 1.165) is 17.6 Å². The number of benzene rings is 1. The fourth-order valence-corrected chi connectivity index (χ4v) is 2.99. The third kappa shape index (κ3) is 5.49. The third-order valence-electron chi connectivity index (χ3n) is 3.88. The topological polar surface area (TPSA) is 61.4 Å². The zero-order chi connectivity index (χ0) is 14.5. The van der Waals surface area contributed by atoms with Gasteiger partial charge in [-0.2, -0.15) is 0 Å². The van der Waals surface area contributed by atoms with Crippen molar-refractivity contribution in [2.24, 2.45) is 11.8 Å². The van der Waals surface area contributed by atoms with E-state index in [9.17, 15) is 9.90 Å². The van der Waals surface area contributed by atoms with Crippen LogP contribution in [0.3, 0.4) is 0 Å². The van der Waals surface area contributed by atoms with Crippen LogP contribution in [0.15, 0.2) is 22.7 Å². The van der Waals surface area contributed by atoms with Gasteiger partial charge in [-0.25, -0.2) is 0 Å². The van der Waals surface area contributed by atoms with Gasteiger partial charge in [-0.05, 0) is 56.0 Å². The molecule has 0 spiro atoms. The van der Waals surface area contributed by atoms with Gasteiger partial charge < -0.3 is 15.7 Å². The van der Waals surface area contributed by atoms with Gasteiger partial charge in [-0.3, -0.25) is 4.79 Å². The van der Waals surface area contributed by atoms with E-state index in [0.29, 0.717) is 23.9 Å². The minimum atomic E-state index is -0.0449. The third-order valence-corrected chi connectivity index (χ3v) is 4.37. The number of phenolic OH excluding ortho intramolecular Hbond substituents is 1. The molecule has 0 aromatic heterocycles. The number of rotatable bonds is 4. The van der Waals surface area contributed by atoms with Gasteiger partial charge in [-0.1, -0.05) is 22.9 Å². The zero-order valence-corrected chi connectivity index (χ0v) is 14.5. The highest BCUT2D eigenvalue weighted by Gasteiger charge is 2.22. The maximum atomic E-state index is 12.1. The Morgan fingerprint density at radius 3 is 3.00 bits per heavy atom. The molecule has 1 aliphatic rings. The number of carbonyl (C=O) groups excluding carboxylic acids is 1. The van der Waals surface area contributed by atoms with E-state index in [1.807, 2.05) is 0 Å². The maximum absolute atomic E-state index is 12.1. The Labute approximate surface area is 140 Å². The quantitative estimate of drug-likeness (QED) is 0.703. The smallest absolute Gasteiger partial charge is 0.224 e. The molecule has 1 amide bonds. The SMILES string of the molecule is CC(CC(=O)Nc1cc(Br)ccc1O)C1CCCNC1.Cl. The molecule has 6 heteroatoms. The molecule has 118 valence electrons. The van der Waals surface area contributed by atoms with Crippen LogP contribution in [-0.2, 0) is 4.79 Å². The Morgan fingerprint density at radius 1 is 1.57 bits per heavy atom. The number of carbonyl (C=O) groups is 1. The van der Waals surface area contributed by atoms with Gasteiger partial charge in [0.05, 0.1) is 5.69 Å². The van der Waals surface area contributed by atoms with E-state index in [4.69, 9.17) is 0 Å². The van der Waals surface area contributed by atoms with Crippen molar-refractivity contribution < 1.29 is 9.90 Å². The second kappa shape index (κ2) is 8.61. The molecule has 2 atom stereocenters. The summed E-state index contributed by atoms with van der Waals surface area (Å²) in [6.07, 6.45) is 2.85. The van der Waals surface area contributed by atoms with Crippen LogP contribution in [0.5, 0.6) is 5.75 Å². The molecular formula is C15H22BrClN2O2. The summed E-state index contributed by atoms with van der Waals surface area (Å²) in [5.74, 6) is 0.952. The first-order chi connectivity index (χ1) is 9.56. The fourth-order valence-electron chi connectivity index (χ4n) is 2.63. The maximum Gasteiger partial charge on any atom is 0.224 e. The summed E-state index contributed by atoms with van der Waals surface area (Å²) in [6.45, 7) is 4.20. The molecule has 0 aliphatic carbocycles. The first-order valence-electron chi connectivity index (χ1n) is 7.05. The highest BCUT2D eigenvalue weighted by molar-refractivity contribution is 9.10. The largest absolute Gasteiger partial charge is 0.506 e. The minimum absolute atomic E-state index is 0. The van der Waals surface area contributed by atoms with Gasteiger partial charge in [0.1, 0.15) is 5.75 Å². The van der Waals surface area contributed by atoms with E-state index in [1.165, 1.54) is 12.8 Å². The second-order valence-electron chi connectivity index (χ2n) is 5.50. The number of phenols is 1. The molecular weight excluding hydrogens is 356 g/mol. The monoisotopic (exact) mass is 376 g/mol. The molecule has 1 fully saturated rings. The number of aromatic hydroxyl groups is 1. The summed E-state index contributed by atoms with van der Waals surface area (Å²) in [5.41, 5.74) is 0.457. The molecule has 4 nitrogen and oxygen atoms in total. The van der Waals surface area contributed by atoms with Gasteiger partial charge in [0.15, 0.2) is 0 Å². The van der Waals surface area contributed by atoms with E-state index >= 15 is 0 Å². The minimum Gasteiger partial charge on any atom is -0.506 e. The highest BCUT2D eigenvalue weighted by atomic mass is 79.9. The summed E-state index contributed by atoms with van der Waals surface area (Å²) in [7, 11) is 0. The van der Waals surface area contributed by atoms with Crippen LogP contribution in [0.2, 0.25) is 0 Å². The van der Waals surface area contributed by atoms with Crippen molar-refractivity contribution in [2.45, 2.75) is 26.2 Å². The van der Waals surface area contributed by atoms with Crippen LogP contribution in [0.4, 0.5) is 5.69 Å². The lowest BCUT2D eigenvalue weighted by Gasteiger charge is -2.28. The first-order valence-corrected chi connectivity index (χ1v) is 7.84. The van der Waals surface area contributed by atoms with Gasteiger partial charge in [0.2, 0.25) is 5.91 Å². The summed E-state index contributed by atoms with van der Waals surface area (Å²) in [4.78, 5) is 12.1. The van der Waals surface area contributed by atoms with E-state index in [2.05, 4.69) is 33.5 Å². The Bertz CT molecular complexity index is 479. The lowest BCUT2D eigenvalue weighted by Crippen LogP contribution is -2.34. The van der Waals surface area contributed by atoms with Crippen LogP contribution < -0.4 is 10.6 Å². The summed E-state index contributed by atoms with van der Waals surface area (Å²) < 4.78 is 0.829. The number of hydrogen-bond donors (Lipinski definition) is 3.